The van der Waals surface area contributed by atoms with Crippen LogP contribution in [0.25, 0.3) is 0 Å². The van der Waals surface area contributed by atoms with Gasteiger partial charge in [0.15, 0.2) is 0 Å². The van der Waals surface area contributed by atoms with Crippen LogP contribution in [0.3, 0.4) is 0 Å². The molecule has 1 aromatic rings. The zero-order valence-electron chi connectivity index (χ0n) is 13.6. The molecule has 0 fully saturated rings. The van der Waals surface area contributed by atoms with Gasteiger partial charge in [0, 0.05) is 12.6 Å². The Labute approximate surface area is 131 Å². The van der Waals surface area contributed by atoms with Gasteiger partial charge in [-0.15, -0.1) is 0 Å². The highest BCUT2D eigenvalue weighted by molar-refractivity contribution is 5.99. The number of rotatable bonds is 7. The number of nitrogens with one attached hydrogen (secondary N) is 2. The third-order valence-corrected chi connectivity index (χ3v) is 3.36. The first kappa shape index (κ1) is 18.0. The minimum absolute atomic E-state index is 0.185. The average Bonchev–Trinajstić information content (AvgIpc) is 2.48. The van der Waals surface area contributed by atoms with Gasteiger partial charge in [-0.1, -0.05) is 6.92 Å². The van der Waals surface area contributed by atoms with Crippen molar-refractivity contribution in [1.29, 1.82) is 0 Å². The van der Waals surface area contributed by atoms with Gasteiger partial charge in [-0.05, 0) is 39.0 Å². The molecule has 0 saturated heterocycles. The Morgan fingerprint density at radius 1 is 1.23 bits per heavy atom. The molecule has 0 spiro atoms. The highest BCUT2D eigenvalue weighted by atomic mass is 16.5. The van der Waals surface area contributed by atoms with E-state index in [9.17, 15) is 9.59 Å². The van der Waals surface area contributed by atoms with Crippen molar-refractivity contribution in [3.63, 3.8) is 0 Å². The second-order valence-corrected chi connectivity index (χ2v) is 5.15. The summed E-state index contributed by atoms with van der Waals surface area (Å²) in [7, 11) is 0. The Morgan fingerprint density at radius 3 is 2.45 bits per heavy atom. The fraction of sp³-hybridized carbons (Fsp3) is 0.500. The van der Waals surface area contributed by atoms with E-state index in [0.29, 0.717) is 24.4 Å². The van der Waals surface area contributed by atoms with Crippen molar-refractivity contribution >= 4 is 23.3 Å². The molecule has 0 radical (unpaired) electrons. The van der Waals surface area contributed by atoms with Gasteiger partial charge >= 0.3 is 5.97 Å². The zero-order chi connectivity index (χ0) is 16.7. The maximum atomic E-state index is 12.2. The lowest BCUT2D eigenvalue weighted by molar-refractivity contribution is -0.119. The lowest BCUT2D eigenvalue weighted by Gasteiger charge is -2.18. The first-order valence-corrected chi connectivity index (χ1v) is 7.52. The maximum Gasteiger partial charge on any atom is 0.338 e. The number of esters is 1. The molecule has 0 saturated carbocycles. The molecule has 0 aromatic heterocycles. The summed E-state index contributed by atoms with van der Waals surface area (Å²) < 4.78 is 4.98. The lowest BCUT2D eigenvalue weighted by Crippen LogP contribution is -2.34. The summed E-state index contributed by atoms with van der Waals surface area (Å²) in [6.45, 7) is 8.25. The molecule has 1 rings (SSSR count). The van der Waals surface area contributed by atoms with E-state index < -0.39 is 5.97 Å². The van der Waals surface area contributed by atoms with Crippen LogP contribution in [-0.2, 0) is 9.53 Å². The largest absolute Gasteiger partial charge is 0.462 e. The van der Waals surface area contributed by atoms with Crippen LogP contribution in [0.2, 0.25) is 0 Å². The predicted molar refractivity (Wildman–Crippen MR) is 88.0 cm³/mol. The molecule has 0 heterocycles. The molecule has 4 N–H and O–H groups in total. The lowest BCUT2D eigenvalue weighted by atomic mass is 10.0. The third kappa shape index (κ3) is 4.73. The van der Waals surface area contributed by atoms with Crippen LogP contribution in [0.5, 0.6) is 0 Å². The summed E-state index contributed by atoms with van der Waals surface area (Å²) in [6.07, 6.45) is 0. The summed E-state index contributed by atoms with van der Waals surface area (Å²) >= 11 is 0. The molecule has 6 heteroatoms. The molecule has 2 atom stereocenters. The van der Waals surface area contributed by atoms with E-state index in [-0.39, 0.29) is 17.9 Å². The number of carbonyl (C=O) groups is 2. The van der Waals surface area contributed by atoms with E-state index in [1.807, 2.05) is 6.92 Å². The van der Waals surface area contributed by atoms with E-state index in [1.165, 1.54) is 0 Å². The monoisotopic (exact) mass is 307 g/mol. The number of nitrogens with two attached hydrogens (primary N) is 1. The third-order valence-electron chi connectivity index (χ3n) is 3.36. The van der Waals surface area contributed by atoms with Crippen molar-refractivity contribution in [3.05, 3.63) is 23.8 Å². The van der Waals surface area contributed by atoms with Gasteiger partial charge in [0.2, 0.25) is 5.91 Å². The number of amides is 1. The Hall–Kier alpha value is -2.08. The van der Waals surface area contributed by atoms with Crippen LogP contribution in [-0.4, -0.2) is 31.1 Å². The minimum atomic E-state index is -0.415. The van der Waals surface area contributed by atoms with E-state index in [4.69, 9.17) is 10.5 Å². The summed E-state index contributed by atoms with van der Waals surface area (Å²) in [5.41, 5.74) is 7.45. The van der Waals surface area contributed by atoms with Crippen LogP contribution >= 0.6 is 0 Å². The summed E-state index contributed by atoms with van der Waals surface area (Å²) in [5.74, 6) is -0.933. The summed E-state index contributed by atoms with van der Waals surface area (Å²) in [5, 5.41) is 5.97. The molecule has 0 aliphatic carbocycles. The molecule has 1 aromatic carbocycles. The van der Waals surface area contributed by atoms with Crippen LogP contribution in [0.1, 0.15) is 38.1 Å². The standard InChI is InChI=1S/C16H25N3O3/c1-5-18-13-8-7-12(16(21)22-6-2)9-14(13)19-15(20)10(3)11(4)17/h7-11,18H,5-6,17H2,1-4H3,(H,19,20). The van der Waals surface area contributed by atoms with Gasteiger partial charge in [-0.25, -0.2) is 4.79 Å². The topological polar surface area (TPSA) is 93.5 Å². The second kappa shape index (κ2) is 8.38. The van der Waals surface area contributed by atoms with Crippen LogP contribution < -0.4 is 16.4 Å². The molecule has 2 unspecified atom stereocenters. The zero-order valence-corrected chi connectivity index (χ0v) is 13.6. The average molecular weight is 307 g/mol. The Kier molecular flexibility index (Phi) is 6.85. The molecular weight excluding hydrogens is 282 g/mol. The highest BCUT2D eigenvalue weighted by Gasteiger charge is 2.19. The first-order valence-electron chi connectivity index (χ1n) is 7.52. The molecule has 0 aliphatic heterocycles. The van der Waals surface area contributed by atoms with Crippen molar-refractivity contribution in [1.82, 2.24) is 0 Å². The number of carbonyl (C=O) groups excluding carboxylic acids is 2. The first-order chi connectivity index (χ1) is 10.4. The number of hydrogen-bond donors (Lipinski definition) is 3. The van der Waals surface area contributed by atoms with Crippen molar-refractivity contribution in [2.45, 2.75) is 33.7 Å². The van der Waals surface area contributed by atoms with Crippen molar-refractivity contribution < 1.29 is 14.3 Å². The van der Waals surface area contributed by atoms with E-state index in [1.54, 1.807) is 39.0 Å². The van der Waals surface area contributed by atoms with Crippen LogP contribution in [0, 0.1) is 5.92 Å². The number of ether oxygens (including phenoxy) is 1. The molecular formula is C16H25N3O3. The number of hydrogen-bond acceptors (Lipinski definition) is 5. The Balaban J connectivity index is 3.04. The fourth-order valence-electron chi connectivity index (χ4n) is 1.82. The summed E-state index contributed by atoms with van der Waals surface area (Å²) in [4.78, 5) is 24.0. The smallest absolute Gasteiger partial charge is 0.338 e. The van der Waals surface area contributed by atoms with Gasteiger partial charge in [-0.3, -0.25) is 4.79 Å². The second-order valence-electron chi connectivity index (χ2n) is 5.15. The van der Waals surface area contributed by atoms with Crippen molar-refractivity contribution in [2.75, 3.05) is 23.8 Å². The van der Waals surface area contributed by atoms with E-state index >= 15 is 0 Å². The van der Waals surface area contributed by atoms with Crippen LogP contribution in [0.4, 0.5) is 11.4 Å². The van der Waals surface area contributed by atoms with Crippen molar-refractivity contribution in [2.24, 2.45) is 11.7 Å². The quantitative estimate of drug-likeness (QED) is 0.672. The maximum absolute atomic E-state index is 12.2. The molecule has 122 valence electrons. The van der Waals surface area contributed by atoms with Gasteiger partial charge in [-0.2, -0.15) is 0 Å². The predicted octanol–water partition coefficient (Wildman–Crippen LogP) is 2.22. The van der Waals surface area contributed by atoms with E-state index in [2.05, 4.69) is 10.6 Å². The SMILES string of the molecule is CCNc1ccc(C(=O)OCC)cc1NC(=O)C(C)C(C)N. The molecule has 0 bridgehead atoms. The van der Waals surface area contributed by atoms with Crippen molar-refractivity contribution in [3.8, 4) is 0 Å². The Morgan fingerprint density at radius 2 is 1.91 bits per heavy atom. The van der Waals surface area contributed by atoms with Gasteiger partial charge in [0.05, 0.1) is 29.5 Å². The van der Waals surface area contributed by atoms with Gasteiger partial charge in [0.25, 0.3) is 0 Å². The van der Waals surface area contributed by atoms with Gasteiger partial charge in [0.1, 0.15) is 0 Å². The highest BCUT2D eigenvalue weighted by Crippen LogP contribution is 2.24. The Bertz CT molecular complexity index is 529. The van der Waals surface area contributed by atoms with Crippen LogP contribution in [0.15, 0.2) is 18.2 Å². The molecule has 22 heavy (non-hydrogen) atoms. The number of anilines is 2. The van der Waals surface area contributed by atoms with Gasteiger partial charge < -0.3 is 21.1 Å². The molecule has 6 nitrogen and oxygen atoms in total. The number of benzene rings is 1. The fourth-order valence-corrected chi connectivity index (χ4v) is 1.82. The minimum Gasteiger partial charge on any atom is -0.462 e. The molecule has 1 amide bonds. The summed E-state index contributed by atoms with van der Waals surface area (Å²) in [6, 6.07) is 4.78. The molecule has 0 aliphatic rings. The normalized spacial score (nSPS) is 13.1. The van der Waals surface area contributed by atoms with E-state index in [0.717, 1.165) is 5.69 Å².